The minimum Gasteiger partial charge on any atom is -0.337 e. The van der Waals surface area contributed by atoms with Crippen molar-refractivity contribution in [3.8, 4) is 0 Å². The van der Waals surface area contributed by atoms with Crippen LogP contribution in [0.5, 0.6) is 0 Å². The summed E-state index contributed by atoms with van der Waals surface area (Å²) in [7, 11) is 0. The second-order valence-electron chi connectivity index (χ2n) is 7.13. The highest BCUT2D eigenvalue weighted by Crippen LogP contribution is 2.31. The van der Waals surface area contributed by atoms with Crippen LogP contribution >= 0.6 is 11.3 Å². The number of amides is 1. The van der Waals surface area contributed by atoms with Gasteiger partial charge < -0.3 is 4.57 Å². The third-order valence-corrected chi connectivity index (χ3v) is 5.99. The summed E-state index contributed by atoms with van der Waals surface area (Å²) >= 11 is 1.58. The molecule has 148 valence electrons. The molecule has 0 saturated carbocycles. The second-order valence-corrected chi connectivity index (χ2v) is 8.14. The standard InChI is InChI=1S/C23H24N4OS/c1-3-18-8-9-20-21(15-18)29-23(25-20)27(12-5-11-26-13-10-24-16-26)22(28)19-7-4-6-17(2)14-19/h4,6-10,13-16H,3,5,11-12H2,1-2H3. The van der Waals surface area contributed by atoms with Gasteiger partial charge in [-0.2, -0.15) is 0 Å². The lowest BCUT2D eigenvalue weighted by atomic mass is 10.1. The largest absolute Gasteiger partial charge is 0.337 e. The number of thiazole rings is 1. The summed E-state index contributed by atoms with van der Waals surface area (Å²) in [6, 6.07) is 14.1. The van der Waals surface area contributed by atoms with Crippen LogP contribution in [0.2, 0.25) is 0 Å². The number of rotatable bonds is 7. The van der Waals surface area contributed by atoms with Crippen LogP contribution in [-0.2, 0) is 13.0 Å². The minimum absolute atomic E-state index is 0.00546. The van der Waals surface area contributed by atoms with E-state index in [2.05, 4.69) is 30.1 Å². The maximum atomic E-state index is 13.4. The molecule has 0 aliphatic heterocycles. The number of imidazole rings is 1. The van der Waals surface area contributed by atoms with E-state index in [4.69, 9.17) is 4.98 Å². The van der Waals surface area contributed by atoms with Gasteiger partial charge in [0, 0.05) is 31.0 Å². The molecule has 6 heteroatoms. The van der Waals surface area contributed by atoms with Gasteiger partial charge in [0.2, 0.25) is 0 Å². The predicted molar refractivity (Wildman–Crippen MR) is 119 cm³/mol. The summed E-state index contributed by atoms with van der Waals surface area (Å²) in [5.74, 6) is -0.00546. The molecule has 0 aliphatic carbocycles. The molecule has 0 N–H and O–H groups in total. The van der Waals surface area contributed by atoms with Gasteiger partial charge >= 0.3 is 0 Å². The molecular formula is C23H24N4OS. The summed E-state index contributed by atoms with van der Waals surface area (Å²) in [4.78, 5) is 24.1. The normalized spacial score (nSPS) is 11.1. The van der Waals surface area contributed by atoms with E-state index in [-0.39, 0.29) is 5.91 Å². The smallest absolute Gasteiger partial charge is 0.260 e. The zero-order chi connectivity index (χ0) is 20.2. The van der Waals surface area contributed by atoms with Crippen LogP contribution in [0, 0.1) is 6.92 Å². The molecule has 2 aromatic heterocycles. The maximum absolute atomic E-state index is 13.4. The van der Waals surface area contributed by atoms with Gasteiger partial charge in [-0.05, 0) is 49.6 Å². The van der Waals surface area contributed by atoms with Gasteiger partial charge in [0.25, 0.3) is 5.91 Å². The molecule has 0 fully saturated rings. The van der Waals surface area contributed by atoms with Gasteiger partial charge in [-0.3, -0.25) is 9.69 Å². The predicted octanol–water partition coefficient (Wildman–Crippen LogP) is 5.10. The number of carbonyl (C=O) groups excluding carboxylic acids is 1. The average Bonchev–Trinajstić information content (AvgIpc) is 3.39. The first kappa shape index (κ1) is 19.3. The molecule has 0 saturated heterocycles. The van der Waals surface area contributed by atoms with Crippen molar-refractivity contribution >= 4 is 32.6 Å². The highest BCUT2D eigenvalue weighted by Gasteiger charge is 2.21. The molecular weight excluding hydrogens is 380 g/mol. The third kappa shape index (κ3) is 4.38. The monoisotopic (exact) mass is 404 g/mol. The molecule has 2 aromatic carbocycles. The quantitative estimate of drug-likeness (QED) is 0.430. The van der Waals surface area contributed by atoms with Gasteiger partial charge in [0.05, 0.1) is 16.5 Å². The summed E-state index contributed by atoms with van der Waals surface area (Å²) in [5, 5.41) is 0.755. The average molecular weight is 405 g/mol. The lowest BCUT2D eigenvalue weighted by Crippen LogP contribution is -2.32. The number of fused-ring (bicyclic) bond motifs is 1. The van der Waals surface area contributed by atoms with Crippen molar-refractivity contribution < 1.29 is 4.79 Å². The van der Waals surface area contributed by atoms with Crippen molar-refractivity contribution in [1.82, 2.24) is 14.5 Å². The van der Waals surface area contributed by atoms with Gasteiger partial charge in [0.15, 0.2) is 5.13 Å². The molecule has 2 heterocycles. The Bertz CT molecular complexity index is 1120. The Hall–Kier alpha value is -2.99. The van der Waals surface area contributed by atoms with Crippen molar-refractivity contribution in [3.05, 3.63) is 77.9 Å². The lowest BCUT2D eigenvalue weighted by molar-refractivity contribution is 0.0986. The number of aryl methyl sites for hydroxylation is 3. The summed E-state index contributed by atoms with van der Waals surface area (Å²) in [6.45, 7) is 5.56. The first-order valence-electron chi connectivity index (χ1n) is 9.88. The van der Waals surface area contributed by atoms with Gasteiger partial charge in [0.1, 0.15) is 0 Å². The van der Waals surface area contributed by atoms with Crippen LogP contribution in [0.3, 0.4) is 0 Å². The fourth-order valence-electron chi connectivity index (χ4n) is 3.34. The van der Waals surface area contributed by atoms with Crippen LogP contribution in [0.4, 0.5) is 5.13 Å². The Morgan fingerprint density at radius 3 is 2.86 bits per heavy atom. The second kappa shape index (κ2) is 8.57. The van der Waals surface area contributed by atoms with Gasteiger partial charge in [-0.25, -0.2) is 9.97 Å². The van der Waals surface area contributed by atoms with E-state index >= 15 is 0 Å². The van der Waals surface area contributed by atoms with Crippen molar-refractivity contribution in [1.29, 1.82) is 0 Å². The molecule has 0 bridgehead atoms. The Labute approximate surface area is 174 Å². The fraction of sp³-hybridized carbons (Fsp3) is 0.261. The molecule has 0 spiro atoms. The number of anilines is 1. The zero-order valence-electron chi connectivity index (χ0n) is 16.7. The summed E-state index contributed by atoms with van der Waals surface area (Å²) in [5.41, 5.74) is 4.00. The van der Waals surface area contributed by atoms with Crippen molar-refractivity contribution in [3.63, 3.8) is 0 Å². The SMILES string of the molecule is CCc1ccc2nc(N(CCCn3ccnc3)C(=O)c3cccc(C)c3)sc2c1. The van der Waals surface area contributed by atoms with Crippen molar-refractivity contribution in [2.75, 3.05) is 11.4 Å². The van der Waals surface area contributed by atoms with E-state index in [1.54, 1.807) is 23.9 Å². The van der Waals surface area contributed by atoms with E-state index in [1.165, 1.54) is 5.56 Å². The molecule has 5 nitrogen and oxygen atoms in total. The van der Waals surface area contributed by atoms with E-state index < -0.39 is 0 Å². The molecule has 0 atom stereocenters. The zero-order valence-corrected chi connectivity index (χ0v) is 17.5. The lowest BCUT2D eigenvalue weighted by Gasteiger charge is -2.20. The first-order chi connectivity index (χ1) is 14.1. The number of hydrogen-bond donors (Lipinski definition) is 0. The highest BCUT2D eigenvalue weighted by atomic mass is 32.1. The molecule has 0 aliphatic rings. The summed E-state index contributed by atoms with van der Waals surface area (Å²) < 4.78 is 3.15. The Kier molecular flexibility index (Phi) is 5.71. The Balaban J connectivity index is 1.64. The van der Waals surface area contributed by atoms with Crippen molar-refractivity contribution in [2.24, 2.45) is 0 Å². The molecule has 29 heavy (non-hydrogen) atoms. The molecule has 4 rings (SSSR count). The van der Waals surface area contributed by atoms with Crippen LogP contribution < -0.4 is 4.90 Å². The molecule has 1 amide bonds. The van der Waals surface area contributed by atoms with Crippen molar-refractivity contribution in [2.45, 2.75) is 33.2 Å². The van der Waals surface area contributed by atoms with Crippen LogP contribution in [0.25, 0.3) is 10.2 Å². The molecule has 4 aromatic rings. The maximum Gasteiger partial charge on any atom is 0.260 e. The van der Waals surface area contributed by atoms with E-state index in [9.17, 15) is 4.79 Å². The van der Waals surface area contributed by atoms with Crippen LogP contribution in [0.1, 0.15) is 34.8 Å². The minimum atomic E-state index is -0.00546. The molecule has 0 radical (unpaired) electrons. The number of nitrogens with zero attached hydrogens (tertiary/aromatic N) is 4. The third-order valence-electron chi connectivity index (χ3n) is 4.95. The van der Waals surface area contributed by atoms with E-state index in [0.29, 0.717) is 12.1 Å². The van der Waals surface area contributed by atoms with Crippen LogP contribution in [0.15, 0.2) is 61.2 Å². The number of hydrogen-bond acceptors (Lipinski definition) is 4. The van der Waals surface area contributed by atoms with Gasteiger partial charge in [-0.1, -0.05) is 42.0 Å². The number of benzene rings is 2. The fourth-order valence-corrected chi connectivity index (χ4v) is 4.39. The molecule has 0 unspecified atom stereocenters. The topological polar surface area (TPSA) is 51.0 Å². The number of carbonyl (C=O) groups is 1. The van der Waals surface area contributed by atoms with Crippen LogP contribution in [-0.4, -0.2) is 27.0 Å². The first-order valence-corrected chi connectivity index (χ1v) is 10.7. The van der Waals surface area contributed by atoms with Gasteiger partial charge in [-0.15, -0.1) is 0 Å². The Morgan fingerprint density at radius 1 is 1.21 bits per heavy atom. The summed E-state index contributed by atoms with van der Waals surface area (Å²) in [6.07, 6.45) is 7.33. The van der Waals surface area contributed by atoms with E-state index in [1.807, 2.05) is 46.9 Å². The van der Waals surface area contributed by atoms with E-state index in [0.717, 1.165) is 40.3 Å². The number of aromatic nitrogens is 3. The highest BCUT2D eigenvalue weighted by molar-refractivity contribution is 7.22. The Morgan fingerprint density at radius 2 is 2.10 bits per heavy atom.